The first-order chi connectivity index (χ1) is 14.5. The predicted molar refractivity (Wildman–Crippen MR) is 105 cm³/mol. The summed E-state index contributed by atoms with van der Waals surface area (Å²) in [6.45, 7) is 0. The number of imidazole rings is 1. The van der Waals surface area contributed by atoms with Crippen molar-refractivity contribution in [1.29, 1.82) is 0 Å². The Balaban J connectivity index is 1.66. The fraction of sp³-hybridized carbons (Fsp3) is 0.238. The van der Waals surface area contributed by atoms with Crippen molar-refractivity contribution in [3.05, 3.63) is 72.4 Å². The van der Waals surface area contributed by atoms with E-state index in [1.54, 1.807) is 18.3 Å². The van der Waals surface area contributed by atoms with Crippen LogP contribution in [0.3, 0.4) is 0 Å². The van der Waals surface area contributed by atoms with Crippen molar-refractivity contribution in [2.75, 3.05) is 4.90 Å². The summed E-state index contributed by atoms with van der Waals surface area (Å²) >= 11 is 0. The number of hydrogen-bond donors (Lipinski definition) is 4. The van der Waals surface area contributed by atoms with Crippen molar-refractivity contribution in [3.8, 4) is 0 Å². The van der Waals surface area contributed by atoms with Crippen LogP contribution in [0.2, 0.25) is 0 Å². The number of H-pyrrole nitrogens is 2. The lowest BCUT2D eigenvalue weighted by molar-refractivity contribution is -0.148. The Kier molecular flexibility index (Phi) is 4.07. The molecule has 0 bridgehead atoms. The highest BCUT2D eigenvalue weighted by molar-refractivity contribution is 6.23. The maximum atomic E-state index is 13.5. The van der Waals surface area contributed by atoms with E-state index < -0.39 is 41.2 Å². The number of carbonyl (C=O) groups is 3. The lowest BCUT2D eigenvalue weighted by Gasteiger charge is -2.30. The van der Waals surface area contributed by atoms with Gasteiger partial charge in [-0.2, -0.15) is 0 Å². The standard InChI is InChI=1S/C21H19N5O4/c27-18-15-16(19(28)26(18)14-7-4-8-23-14)21(20(29)30,9-13-10-22-11-24-13)25-17(15)12-5-2-1-3-6-12/h1-8,10-11,15-17,23,25H,9H2,(H,22,24)(H,29,30)/t15-,16-,17?,21?/m1/s1. The second-order valence-corrected chi connectivity index (χ2v) is 7.63. The zero-order valence-corrected chi connectivity index (χ0v) is 15.8. The molecule has 4 N–H and O–H groups in total. The quantitative estimate of drug-likeness (QED) is 0.473. The average Bonchev–Trinajstić information content (AvgIpc) is 3.51. The molecular weight excluding hydrogens is 386 g/mol. The van der Waals surface area contributed by atoms with Gasteiger partial charge in [-0.25, -0.2) is 9.88 Å². The van der Waals surface area contributed by atoms with Crippen LogP contribution in [0.4, 0.5) is 5.82 Å². The van der Waals surface area contributed by atoms with Gasteiger partial charge in [0.2, 0.25) is 11.8 Å². The molecule has 2 aliphatic rings. The zero-order valence-electron chi connectivity index (χ0n) is 15.8. The minimum Gasteiger partial charge on any atom is -0.480 e. The Bertz CT molecular complexity index is 1100. The van der Waals surface area contributed by atoms with E-state index in [4.69, 9.17) is 0 Å². The van der Waals surface area contributed by atoms with Gasteiger partial charge in [-0.3, -0.25) is 19.7 Å². The van der Waals surface area contributed by atoms with Crippen LogP contribution >= 0.6 is 0 Å². The molecule has 1 aromatic carbocycles. The Morgan fingerprint density at radius 1 is 1.10 bits per heavy atom. The number of nitrogens with one attached hydrogen (secondary N) is 3. The molecule has 4 heterocycles. The monoisotopic (exact) mass is 405 g/mol. The molecule has 2 saturated heterocycles. The normalized spacial score (nSPS) is 28.1. The number of carboxylic acid groups (broad SMARTS) is 1. The maximum absolute atomic E-state index is 13.5. The predicted octanol–water partition coefficient (Wildman–Crippen LogP) is 1.25. The van der Waals surface area contributed by atoms with Crippen LogP contribution in [0.15, 0.2) is 61.2 Å². The van der Waals surface area contributed by atoms with Gasteiger partial charge in [0.25, 0.3) is 0 Å². The SMILES string of the molecule is O=C1[C@H]2C(c3ccccc3)NC(Cc3cnc[nH]3)(C(=O)O)[C@H]2C(=O)N1c1ccc[nH]1. The summed E-state index contributed by atoms with van der Waals surface area (Å²) in [6.07, 6.45) is 4.59. The number of imide groups is 1. The Morgan fingerprint density at radius 2 is 1.90 bits per heavy atom. The Morgan fingerprint density at radius 3 is 2.53 bits per heavy atom. The van der Waals surface area contributed by atoms with Crippen molar-refractivity contribution >= 4 is 23.6 Å². The smallest absolute Gasteiger partial charge is 0.325 e. The van der Waals surface area contributed by atoms with E-state index in [9.17, 15) is 19.5 Å². The van der Waals surface area contributed by atoms with Crippen LogP contribution in [0, 0.1) is 11.8 Å². The van der Waals surface area contributed by atoms with E-state index in [1.165, 1.54) is 12.5 Å². The van der Waals surface area contributed by atoms with Crippen LogP contribution in [0.1, 0.15) is 17.3 Å². The fourth-order valence-corrected chi connectivity index (χ4v) is 4.76. The molecule has 2 unspecified atom stereocenters. The van der Waals surface area contributed by atoms with Gasteiger partial charge in [0.05, 0.1) is 18.2 Å². The summed E-state index contributed by atoms with van der Waals surface area (Å²) in [4.78, 5) is 50.4. The summed E-state index contributed by atoms with van der Waals surface area (Å²) in [5, 5.41) is 13.5. The van der Waals surface area contributed by atoms with Crippen molar-refractivity contribution in [2.24, 2.45) is 11.8 Å². The number of rotatable bonds is 5. The maximum Gasteiger partial charge on any atom is 0.325 e. The molecule has 2 amide bonds. The molecule has 2 fully saturated rings. The lowest BCUT2D eigenvalue weighted by atomic mass is 9.77. The number of aromatic amines is 2. The number of benzene rings is 1. The second-order valence-electron chi connectivity index (χ2n) is 7.63. The molecule has 0 spiro atoms. The number of hydrogen-bond acceptors (Lipinski definition) is 5. The van der Waals surface area contributed by atoms with Crippen molar-refractivity contribution in [2.45, 2.75) is 18.0 Å². The van der Waals surface area contributed by atoms with Gasteiger partial charge in [-0.05, 0) is 17.7 Å². The van der Waals surface area contributed by atoms with Gasteiger partial charge in [-0.15, -0.1) is 0 Å². The molecule has 5 rings (SSSR count). The number of aromatic nitrogens is 3. The van der Waals surface area contributed by atoms with Gasteiger partial charge < -0.3 is 15.1 Å². The van der Waals surface area contributed by atoms with E-state index in [-0.39, 0.29) is 6.42 Å². The van der Waals surface area contributed by atoms with Gasteiger partial charge in [-0.1, -0.05) is 30.3 Å². The molecule has 0 saturated carbocycles. The van der Waals surface area contributed by atoms with Crippen molar-refractivity contribution in [1.82, 2.24) is 20.3 Å². The van der Waals surface area contributed by atoms with Gasteiger partial charge in [0.15, 0.2) is 0 Å². The molecule has 0 aliphatic carbocycles. The highest BCUT2D eigenvalue weighted by Crippen LogP contribution is 2.50. The van der Waals surface area contributed by atoms with E-state index in [1.807, 2.05) is 30.3 Å². The highest BCUT2D eigenvalue weighted by atomic mass is 16.4. The minimum atomic E-state index is -1.66. The Hall–Kier alpha value is -3.72. The van der Waals surface area contributed by atoms with Crippen LogP contribution in [0.5, 0.6) is 0 Å². The summed E-state index contributed by atoms with van der Waals surface area (Å²) in [5.74, 6) is -3.70. The summed E-state index contributed by atoms with van der Waals surface area (Å²) in [7, 11) is 0. The van der Waals surface area contributed by atoms with Crippen LogP contribution < -0.4 is 10.2 Å². The van der Waals surface area contributed by atoms with E-state index in [0.717, 1.165) is 10.5 Å². The van der Waals surface area contributed by atoms with Crippen LogP contribution in [-0.2, 0) is 20.8 Å². The number of fused-ring (bicyclic) bond motifs is 1. The first kappa shape index (κ1) is 18.3. The first-order valence-electron chi connectivity index (χ1n) is 9.57. The second kappa shape index (κ2) is 6.67. The molecular formula is C21H19N5O4. The first-order valence-corrected chi connectivity index (χ1v) is 9.57. The topological polar surface area (TPSA) is 131 Å². The van der Waals surface area contributed by atoms with Crippen LogP contribution in [0.25, 0.3) is 0 Å². The molecule has 4 atom stereocenters. The number of aliphatic carboxylic acids is 1. The third-order valence-electron chi connectivity index (χ3n) is 6.04. The molecule has 9 heteroatoms. The summed E-state index contributed by atoms with van der Waals surface area (Å²) < 4.78 is 0. The third-order valence-corrected chi connectivity index (χ3v) is 6.04. The molecule has 152 valence electrons. The number of carboxylic acids is 1. The molecule has 0 radical (unpaired) electrons. The fourth-order valence-electron chi connectivity index (χ4n) is 4.76. The highest BCUT2D eigenvalue weighted by Gasteiger charge is 2.68. The number of nitrogens with zero attached hydrogens (tertiary/aromatic N) is 2. The molecule has 9 nitrogen and oxygen atoms in total. The zero-order chi connectivity index (χ0) is 20.9. The molecule has 2 aromatic heterocycles. The number of anilines is 1. The van der Waals surface area contributed by atoms with Gasteiger partial charge in [0, 0.05) is 30.6 Å². The summed E-state index contributed by atoms with van der Waals surface area (Å²) in [6, 6.07) is 11.8. The lowest BCUT2D eigenvalue weighted by Crippen LogP contribution is -2.57. The van der Waals surface area contributed by atoms with E-state index in [0.29, 0.717) is 11.5 Å². The minimum absolute atomic E-state index is 0.00950. The van der Waals surface area contributed by atoms with Crippen molar-refractivity contribution in [3.63, 3.8) is 0 Å². The molecule has 30 heavy (non-hydrogen) atoms. The van der Waals surface area contributed by atoms with Gasteiger partial charge in [0.1, 0.15) is 11.4 Å². The largest absolute Gasteiger partial charge is 0.480 e. The average molecular weight is 405 g/mol. The molecule has 2 aliphatic heterocycles. The Labute approximate surface area is 171 Å². The molecule has 3 aromatic rings. The van der Waals surface area contributed by atoms with E-state index >= 15 is 0 Å². The summed E-state index contributed by atoms with van der Waals surface area (Å²) in [5.41, 5.74) is -0.336. The van der Waals surface area contributed by atoms with Crippen LogP contribution in [-0.4, -0.2) is 43.4 Å². The number of carbonyl (C=O) groups excluding carboxylic acids is 2. The van der Waals surface area contributed by atoms with E-state index in [2.05, 4.69) is 20.3 Å². The third kappa shape index (κ3) is 2.52. The van der Waals surface area contributed by atoms with Crippen molar-refractivity contribution < 1.29 is 19.5 Å². The van der Waals surface area contributed by atoms with Gasteiger partial charge >= 0.3 is 5.97 Å². The number of amides is 2.